The van der Waals surface area contributed by atoms with Gasteiger partial charge in [-0.1, -0.05) is 24.3 Å². The van der Waals surface area contributed by atoms with Crippen molar-refractivity contribution in [1.82, 2.24) is 20.5 Å². The molecule has 2 heterocycles. The fourth-order valence-corrected chi connectivity index (χ4v) is 3.21. The summed E-state index contributed by atoms with van der Waals surface area (Å²) in [5.41, 5.74) is 4.16. The molecule has 0 aliphatic rings. The van der Waals surface area contributed by atoms with Crippen LogP contribution in [0.2, 0.25) is 0 Å². The molecule has 4 aromatic rings. The Hall–Kier alpha value is -3.67. The fourth-order valence-electron chi connectivity index (χ4n) is 3.21. The van der Waals surface area contributed by atoms with Crippen molar-refractivity contribution in [2.75, 3.05) is 13.7 Å². The highest BCUT2D eigenvalue weighted by atomic mass is 16.5. The lowest BCUT2D eigenvalue weighted by Crippen LogP contribution is -2.26. The monoisotopic (exact) mass is 372 g/mol. The van der Waals surface area contributed by atoms with Crippen LogP contribution in [0, 0.1) is 0 Å². The van der Waals surface area contributed by atoms with Crippen LogP contribution in [0.25, 0.3) is 22.2 Å². The topological polar surface area (TPSA) is 79.9 Å². The summed E-state index contributed by atoms with van der Waals surface area (Å²) in [5, 5.41) is 11.0. The zero-order chi connectivity index (χ0) is 19.3. The average molecular weight is 372 g/mol. The number of rotatable bonds is 6. The molecule has 0 fully saturated rings. The maximum absolute atomic E-state index is 12.7. The highest BCUT2D eigenvalue weighted by Gasteiger charge is 2.15. The van der Waals surface area contributed by atoms with Crippen molar-refractivity contribution in [1.29, 1.82) is 0 Å². The second-order valence-electron chi connectivity index (χ2n) is 6.39. The number of carbonyl (C=O) groups excluding carboxylic acids is 1. The number of H-pyrrole nitrogens is 1. The molecular weight excluding hydrogens is 352 g/mol. The van der Waals surface area contributed by atoms with Crippen LogP contribution in [0.1, 0.15) is 15.9 Å². The SMILES string of the molecule is COc1ccc(-c2[nH]ncc2C(=O)NCCc2cccc3cccnc23)cc1. The minimum absolute atomic E-state index is 0.159. The zero-order valence-corrected chi connectivity index (χ0v) is 15.5. The maximum Gasteiger partial charge on any atom is 0.255 e. The third-order valence-corrected chi connectivity index (χ3v) is 4.66. The Balaban J connectivity index is 1.45. The van der Waals surface area contributed by atoms with Gasteiger partial charge in [-0.2, -0.15) is 5.10 Å². The average Bonchev–Trinajstić information content (AvgIpc) is 3.24. The molecule has 2 aromatic heterocycles. The van der Waals surface area contributed by atoms with Gasteiger partial charge in [-0.3, -0.25) is 14.9 Å². The number of amides is 1. The summed E-state index contributed by atoms with van der Waals surface area (Å²) in [6.07, 6.45) is 4.04. The molecule has 0 atom stereocenters. The predicted molar refractivity (Wildman–Crippen MR) is 108 cm³/mol. The molecule has 2 N–H and O–H groups in total. The van der Waals surface area contributed by atoms with Gasteiger partial charge in [0.2, 0.25) is 0 Å². The van der Waals surface area contributed by atoms with Crippen molar-refractivity contribution in [2.45, 2.75) is 6.42 Å². The van der Waals surface area contributed by atoms with E-state index in [1.807, 2.05) is 54.6 Å². The van der Waals surface area contributed by atoms with Crippen molar-refractivity contribution in [3.63, 3.8) is 0 Å². The summed E-state index contributed by atoms with van der Waals surface area (Å²) < 4.78 is 5.18. The van der Waals surface area contributed by atoms with Crippen LogP contribution in [0.3, 0.4) is 0 Å². The van der Waals surface area contributed by atoms with Gasteiger partial charge in [0.15, 0.2) is 0 Å². The van der Waals surface area contributed by atoms with Crippen molar-refractivity contribution in [2.24, 2.45) is 0 Å². The Morgan fingerprint density at radius 1 is 1.11 bits per heavy atom. The molecule has 140 valence electrons. The molecule has 0 saturated carbocycles. The highest BCUT2D eigenvalue weighted by Crippen LogP contribution is 2.23. The number of nitrogens with one attached hydrogen (secondary N) is 2. The lowest BCUT2D eigenvalue weighted by Gasteiger charge is -2.08. The predicted octanol–water partition coefficient (Wildman–Crippen LogP) is 3.61. The Kier molecular flexibility index (Phi) is 5.01. The normalized spacial score (nSPS) is 10.8. The van der Waals surface area contributed by atoms with Gasteiger partial charge in [-0.25, -0.2) is 0 Å². The highest BCUT2D eigenvalue weighted by molar-refractivity contribution is 5.99. The summed E-state index contributed by atoms with van der Waals surface area (Å²) in [4.78, 5) is 17.1. The van der Waals surface area contributed by atoms with E-state index in [4.69, 9.17) is 4.74 Å². The fraction of sp³-hybridized carbons (Fsp3) is 0.136. The number of methoxy groups -OCH3 is 1. The van der Waals surface area contributed by atoms with Crippen LogP contribution in [-0.4, -0.2) is 34.7 Å². The first-order valence-corrected chi connectivity index (χ1v) is 9.05. The number of carbonyl (C=O) groups is 1. The minimum Gasteiger partial charge on any atom is -0.497 e. The number of nitrogens with zero attached hydrogens (tertiary/aromatic N) is 2. The second-order valence-corrected chi connectivity index (χ2v) is 6.39. The molecule has 6 heteroatoms. The molecule has 0 spiro atoms. The number of aromatic nitrogens is 3. The second kappa shape index (κ2) is 7.92. The van der Waals surface area contributed by atoms with E-state index in [0.717, 1.165) is 27.8 Å². The summed E-state index contributed by atoms with van der Waals surface area (Å²) >= 11 is 0. The first-order chi connectivity index (χ1) is 13.8. The third-order valence-electron chi connectivity index (χ3n) is 4.66. The van der Waals surface area contributed by atoms with Crippen molar-refractivity contribution < 1.29 is 9.53 Å². The van der Waals surface area contributed by atoms with E-state index < -0.39 is 0 Å². The Labute approximate surface area is 162 Å². The number of para-hydroxylation sites is 1. The van der Waals surface area contributed by atoms with Crippen molar-refractivity contribution in [3.05, 3.63) is 78.1 Å². The first kappa shape index (κ1) is 17.7. The Morgan fingerprint density at radius 2 is 1.93 bits per heavy atom. The number of ether oxygens (including phenoxy) is 1. The van der Waals surface area contributed by atoms with E-state index in [0.29, 0.717) is 24.2 Å². The van der Waals surface area contributed by atoms with E-state index in [-0.39, 0.29) is 5.91 Å². The third kappa shape index (κ3) is 3.57. The van der Waals surface area contributed by atoms with Gasteiger partial charge < -0.3 is 10.1 Å². The van der Waals surface area contributed by atoms with E-state index in [2.05, 4.69) is 20.5 Å². The van der Waals surface area contributed by atoms with Gasteiger partial charge in [0.25, 0.3) is 5.91 Å². The standard InChI is InChI=1S/C22H20N4O2/c1-28-18-9-7-17(8-10-18)21-19(14-25-26-21)22(27)24-13-11-16-5-2-4-15-6-3-12-23-20(15)16/h2-10,12,14H,11,13H2,1H3,(H,24,27)(H,25,26). The molecule has 28 heavy (non-hydrogen) atoms. The molecule has 2 aromatic carbocycles. The number of fused-ring (bicyclic) bond motifs is 1. The summed E-state index contributed by atoms with van der Waals surface area (Å²) in [7, 11) is 1.62. The Bertz CT molecular complexity index is 1100. The molecule has 0 aliphatic carbocycles. The number of hydrogen-bond acceptors (Lipinski definition) is 4. The summed E-state index contributed by atoms with van der Waals surface area (Å²) in [6.45, 7) is 0.516. The molecule has 6 nitrogen and oxygen atoms in total. The maximum atomic E-state index is 12.7. The molecule has 1 amide bonds. The van der Waals surface area contributed by atoms with E-state index >= 15 is 0 Å². The molecule has 0 unspecified atom stereocenters. The summed E-state index contributed by atoms with van der Waals surface area (Å²) in [5.74, 6) is 0.603. The van der Waals surface area contributed by atoms with Crippen LogP contribution >= 0.6 is 0 Å². The minimum atomic E-state index is -0.159. The lowest BCUT2D eigenvalue weighted by molar-refractivity contribution is 0.0955. The number of benzene rings is 2. The Morgan fingerprint density at radius 3 is 2.75 bits per heavy atom. The molecule has 4 rings (SSSR count). The van der Waals surface area contributed by atoms with Gasteiger partial charge in [0.05, 0.1) is 30.1 Å². The van der Waals surface area contributed by atoms with Crippen LogP contribution in [0.15, 0.2) is 67.0 Å². The number of hydrogen-bond donors (Lipinski definition) is 2. The number of pyridine rings is 1. The van der Waals surface area contributed by atoms with Crippen LogP contribution in [0.5, 0.6) is 5.75 Å². The van der Waals surface area contributed by atoms with E-state index in [1.165, 1.54) is 0 Å². The smallest absolute Gasteiger partial charge is 0.255 e. The molecule has 0 radical (unpaired) electrons. The van der Waals surface area contributed by atoms with Crippen molar-refractivity contribution in [3.8, 4) is 17.0 Å². The van der Waals surface area contributed by atoms with Gasteiger partial charge in [-0.15, -0.1) is 0 Å². The van der Waals surface area contributed by atoms with Gasteiger partial charge in [0, 0.05) is 23.7 Å². The summed E-state index contributed by atoms with van der Waals surface area (Å²) in [6, 6.07) is 17.6. The quantitative estimate of drug-likeness (QED) is 0.542. The van der Waals surface area contributed by atoms with Crippen molar-refractivity contribution >= 4 is 16.8 Å². The van der Waals surface area contributed by atoms with Crippen LogP contribution < -0.4 is 10.1 Å². The zero-order valence-electron chi connectivity index (χ0n) is 15.5. The first-order valence-electron chi connectivity index (χ1n) is 9.05. The van der Waals surface area contributed by atoms with Gasteiger partial charge >= 0.3 is 0 Å². The molecule has 0 bridgehead atoms. The molecule has 0 aliphatic heterocycles. The molecule has 0 saturated heterocycles. The van der Waals surface area contributed by atoms with Crippen LogP contribution in [-0.2, 0) is 6.42 Å². The number of aromatic amines is 1. The lowest BCUT2D eigenvalue weighted by atomic mass is 10.1. The van der Waals surface area contributed by atoms with Crippen LogP contribution in [0.4, 0.5) is 0 Å². The molecular formula is C22H20N4O2. The van der Waals surface area contributed by atoms with Gasteiger partial charge in [0.1, 0.15) is 5.75 Å². The van der Waals surface area contributed by atoms with Gasteiger partial charge in [-0.05, 0) is 42.3 Å². The largest absolute Gasteiger partial charge is 0.497 e. The van der Waals surface area contributed by atoms with E-state index in [9.17, 15) is 4.79 Å². The van der Waals surface area contributed by atoms with E-state index in [1.54, 1.807) is 19.5 Å².